The predicted octanol–water partition coefficient (Wildman–Crippen LogP) is 2.14. The third-order valence-electron chi connectivity index (χ3n) is 1.77. The first-order valence-corrected chi connectivity index (χ1v) is 5.69. The zero-order valence-electron chi connectivity index (χ0n) is 9.28. The van der Waals surface area contributed by atoms with Gasteiger partial charge >= 0.3 is 0 Å². The number of benzene rings is 1. The first kappa shape index (κ1) is 12.2. The van der Waals surface area contributed by atoms with Crippen LogP contribution in [0.1, 0.15) is 13.8 Å². The Morgan fingerprint density at radius 1 is 1.47 bits per heavy atom. The average Bonchev–Trinajstić information content (AvgIpc) is 2.14. The predicted molar refractivity (Wildman–Crippen MR) is 64.4 cm³/mol. The number of methoxy groups -OCH3 is 1. The van der Waals surface area contributed by atoms with Crippen LogP contribution in [0.5, 0.6) is 5.75 Å². The van der Waals surface area contributed by atoms with Crippen molar-refractivity contribution in [2.75, 3.05) is 18.6 Å². The summed E-state index contributed by atoms with van der Waals surface area (Å²) in [5.74, 6) is 1.37. The Balaban J connectivity index is 2.76. The molecule has 0 spiro atoms. The number of nitrogens with two attached hydrogens (primary N) is 1. The molecule has 0 aliphatic heterocycles. The molecule has 0 unspecified atom stereocenters. The Bertz CT molecular complexity index is 334. The van der Waals surface area contributed by atoms with Gasteiger partial charge in [-0.25, -0.2) is 0 Å². The highest BCUT2D eigenvalue weighted by Gasteiger charge is 2.14. The molecular weight excluding hydrogens is 210 g/mol. The second-order valence-corrected chi connectivity index (χ2v) is 5.03. The average molecular weight is 227 g/mol. The molecular formula is C11H17NO2S. The van der Waals surface area contributed by atoms with E-state index in [-0.39, 0.29) is 0 Å². The quantitative estimate of drug-likeness (QED) is 0.611. The van der Waals surface area contributed by atoms with Gasteiger partial charge in [-0.2, -0.15) is 0 Å². The van der Waals surface area contributed by atoms with Gasteiger partial charge in [-0.15, -0.1) is 11.8 Å². The van der Waals surface area contributed by atoms with Crippen molar-refractivity contribution in [2.45, 2.75) is 24.3 Å². The first-order chi connectivity index (χ1) is 6.92. The maximum Gasteiger partial charge on any atom is 0.134 e. The van der Waals surface area contributed by atoms with Crippen LogP contribution in [-0.4, -0.2) is 23.6 Å². The van der Waals surface area contributed by atoms with E-state index < -0.39 is 5.60 Å². The van der Waals surface area contributed by atoms with E-state index in [1.165, 1.54) is 0 Å². The van der Waals surface area contributed by atoms with Crippen LogP contribution in [0.15, 0.2) is 23.1 Å². The molecule has 0 aliphatic rings. The summed E-state index contributed by atoms with van der Waals surface area (Å²) in [7, 11) is 1.61. The SMILES string of the molecule is COc1cc(N)ccc1SCC(C)(C)O. The summed E-state index contributed by atoms with van der Waals surface area (Å²) in [5, 5.41) is 9.61. The normalized spacial score (nSPS) is 11.5. The molecule has 0 saturated carbocycles. The summed E-state index contributed by atoms with van der Waals surface area (Å²) < 4.78 is 5.21. The monoisotopic (exact) mass is 227 g/mol. The standard InChI is InChI=1S/C11H17NO2S/c1-11(2,13)7-15-10-5-4-8(12)6-9(10)14-3/h4-6,13H,7,12H2,1-3H3. The maximum atomic E-state index is 9.61. The molecule has 3 nitrogen and oxygen atoms in total. The number of rotatable bonds is 4. The molecule has 84 valence electrons. The van der Waals surface area contributed by atoms with Gasteiger partial charge in [-0.1, -0.05) is 0 Å². The summed E-state index contributed by atoms with van der Waals surface area (Å²) >= 11 is 1.56. The third-order valence-corrected chi connectivity index (χ3v) is 3.27. The van der Waals surface area contributed by atoms with Crippen LogP contribution >= 0.6 is 11.8 Å². The Morgan fingerprint density at radius 2 is 2.13 bits per heavy atom. The topological polar surface area (TPSA) is 55.5 Å². The van der Waals surface area contributed by atoms with Crippen molar-refractivity contribution in [3.8, 4) is 5.75 Å². The van der Waals surface area contributed by atoms with Gasteiger partial charge in [0, 0.05) is 22.4 Å². The van der Waals surface area contributed by atoms with E-state index in [1.54, 1.807) is 38.8 Å². The van der Waals surface area contributed by atoms with Crippen LogP contribution in [0.3, 0.4) is 0 Å². The molecule has 0 atom stereocenters. The highest BCUT2D eigenvalue weighted by molar-refractivity contribution is 7.99. The van der Waals surface area contributed by atoms with Gasteiger partial charge in [0.05, 0.1) is 12.7 Å². The Kier molecular flexibility index (Phi) is 3.88. The zero-order valence-corrected chi connectivity index (χ0v) is 10.1. The Morgan fingerprint density at radius 3 is 2.67 bits per heavy atom. The first-order valence-electron chi connectivity index (χ1n) is 4.71. The minimum absolute atomic E-state index is 0.618. The summed E-state index contributed by atoms with van der Waals surface area (Å²) in [6.07, 6.45) is 0. The van der Waals surface area contributed by atoms with Crippen molar-refractivity contribution >= 4 is 17.4 Å². The number of anilines is 1. The summed E-state index contributed by atoms with van der Waals surface area (Å²) in [4.78, 5) is 0.994. The van der Waals surface area contributed by atoms with Crippen molar-refractivity contribution < 1.29 is 9.84 Å². The Hall–Kier alpha value is -0.870. The maximum absolute atomic E-state index is 9.61. The number of thioether (sulfide) groups is 1. The van der Waals surface area contributed by atoms with Crippen molar-refractivity contribution in [3.05, 3.63) is 18.2 Å². The van der Waals surface area contributed by atoms with E-state index >= 15 is 0 Å². The van der Waals surface area contributed by atoms with Crippen LogP contribution in [0.25, 0.3) is 0 Å². The fourth-order valence-electron chi connectivity index (χ4n) is 1.06. The van der Waals surface area contributed by atoms with Gasteiger partial charge in [0.2, 0.25) is 0 Å². The van der Waals surface area contributed by atoms with Crippen molar-refractivity contribution in [1.82, 2.24) is 0 Å². The molecule has 4 heteroatoms. The van der Waals surface area contributed by atoms with E-state index in [9.17, 15) is 5.11 Å². The minimum atomic E-state index is -0.683. The summed E-state index contributed by atoms with van der Waals surface area (Å²) in [6, 6.07) is 5.52. The third kappa shape index (κ3) is 4.01. The van der Waals surface area contributed by atoms with E-state index in [0.717, 1.165) is 10.6 Å². The number of hydrogen-bond acceptors (Lipinski definition) is 4. The smallest absolute Gasteiger partial charge is 0.134 e. The molecule has 3 N–H and O–H groups in total. The number of aliphatic hydroxyl groups is 1. The molecule has 1 aromatic carbocycles. The lowest BCUT2D eigenvalue weighted by Gasteiger charge is -2.17. The Labute approximate surface area is 94.6 Å². The number of nitrogen functional groups attached to an aromatic ring is 1. The molecule has 15 heavy (non-hydrogen) atoms. The second-order valence-electron chi connectivity index (χ2n) is 4.01. The fraction of sp³-hybridized carbons (Fsp3) is 0.455. The van der Waals surface area contributed by atoms with Crippen LogP contribution in [0.2, 0.25) is 0 Å². The van der Waals surface area contributed by atoms with Crippen molar-refractivity contribution in [3.63, 3.8) is 0 Å². The molecule has 1 rings (SSSR count). The van der Waals surface area contributed by atoms with Gasteiger partial charge < -0.3 is 15.6 Å². The summed E-state index contributed by atoms with van der Waals surface area (Å²) in [6.45, 7) is 3.56. The van der Waals surface area contributed by atoms with Gasteiger partial charge in [0.15, 0.2) is 0 Å². The van der Waals surface area contributed by atoms with Crippen molar-refractivity contribution in [2.24, 2.45) is 0 Å². The van der Waals surface area contributed by atoms with Crippen molar-refractivity contribution in [1.29, 1.82) is 0 Å². The van der Waals surface area contributed by atoms with Gasteiger partial charge in [-0.3, -0.25) is 0 Å². The molecule has 0 saturated heterocycles. The number of hydrogen-bond donors (Lipinski definition) is 2. The largest absolute Gasteiger partial charge is 0.496 e. The minimum Gasteiger partial charge on any atom is -0.496 e. The van der Waals surface area contributed by atoms with Crippen LogP contribution < -0.4 is 10.5 Å². The van der Waals surface area contributed by atoms with Crippen LogP contribution in [0.4, 0.5) is 5.69 Å². The van der Waals surface area contributed by atoms with Crippen LogP contribution in [0, 0.1) is 0 Å². The lowest BCUT2D eigenvalue weighted by atomic mass is 10.2. The molecule has 0 aromatic heterocycles. The van der Waals surface area contributed by atoms with E-state index in [4.69, 9.17) is 10.5 Å². The summed E-state index contributed by atoms with van der Waals surface area (Å²) in [5.41, 5.74) is 5.64. The molecule has 0 bridgehead atoms. The molecule has 0 aliphatic carbocycles. The van der Waals surface area contributed by atoms with E-state index in [0.29, 0.717) is 11.4 Å². The molecule has 0 heterocycles. The van der Waals surface area contributed by atoms with Gasteiger partial charge in [0.1, 0.15) is 5.75 Å². The molecule has 0 radical (unpaired) electrons. The second kappa shape index (κ2) is 4.77. The molecule has 1 aromatic rings. The fourth-order valence-corrected chi connectivity index (χ4v) is 2.02. The van der Waals surface area contributed by atoms with E-state index in [1.807, 2.05) is 12.1 Å². The lowest BCUT2D eigenvalue weighted by Crippen LogP contribution is -2.21. The van der Waals surface area contributed by atoms with Gasteiger partial charge in [-0.05, 0) is 26.0 Å². The highest BCUT2D eigenvalue weighted by Crippen LogP contribution is 2.32. The molecule has 0 fully saturated rings. The van der Waals surface area contributed by atoms with Gasteiger partial charge in [0.25, 0.3) is 0 Å². The number of ether oxygens (including phenoxy) is 1. The molecule has 0 amide bonds. The lowest BCUT2D eigenvalue weighted by molar-refractivity contribution is 0.107. The van der Waals surface area contributed by atoms with E-state index in [2.05, 4.69) is 0 Å². The van der Waals surface area contributed by atoms with Crippen LogP contribution in [-0.2, 0) is 0 Å². The zero-order chi connectivity index (χ0) is 11.5. The highest BCUT2D eigenvalue weighted by atomic mass is 32.2.